The first-order chi connectivity index (χ1) is 17.0. The summed E-state index contributed by atoms with van der Waals surface area (Å²) in [6.45, 7) is 2.08. The molecule has 0 radical (unpaired) electrons. The van der Waals surface area contributed by atoms with Gasteiger partial charge in [0.15, 0.2) is 17.3 Å². The summed E-state index contributed by atoms with van der Waals surface area (Å²) in [5.74, 6) is 0.479. The molecule has 35 heavy (non-hydrogen) atoms. The fraction of sp³-hybridized carbons (Fsp3) is 0.357. The van der Waals surface area contributed by atoms with Gasteiger partial charge >= 0.3 is 0 Å². The Bertz CT molecular complexity index is 1130. The summed E-state index contributed by atoms with van der Waals surface area (Å²) in [4.78, 5) is 29.1. The molecule has 2 amide bonds. The van der Waals surface area contributed by atoms with Crippen LogP contribution in [-0.4, -0.2) is 32.1 Å². The second-order valence-electron chi connectivity index (χ2n) is 8.68. The van der Waals surface area contributed by atoms with E-state index in [1.54, 1.807) is 37.4 Å². The maximum atomic E-state index is 13.8. The second-order valence-corrected chi connectivity index (χ2v) is 8.68. The van der Waals surface area contributed by atoms with E-state index in [2.05, 4.69) is 12.2 Å². The van der Waals surface area contributed by atoms with Crippen LogP contribution in [0.25, 0.3) is 0 Å². The fourth-order valence-electron chi connectivity index (χ4n) is 4.58. The Labute approximate surface area is 206 Å². The largest absolute Gasteiger partial charge is 0.493 e. The number of nitrogens with one attached hydrogen (secondary N) is 1. The zero-order chi connectivity index (χ0) is 24.8. The second kappa shape index (κ2) is 11.1. The van der Waals surface area contributed by atoms with E-state index in [0.717, 1.165) is 37.7 Å². The maximum Gasteiger partial charge on any atom is 0.294 e. The third kappa shape index (κ3) is 5.34. The summed E-state index contributed by atoms with van der Waals surface area (Å²) in [6, 6.07) is 15.5. The Hall–Kier alpha value is -3.74. The van der Waals surface area contributed by atoms with Crippen LogP contribution in [-0.2, 0) is 11.2 Å². The van der Waals surface area contributed by atoms with Crippen molar-refractivity contribution in [2.45, 2.75) is 51.1 Å². The number of aryl methyl sites for hydroxylation is 1. The molecule has 184 valence electrons. The first kappa shape index (κ1) is 24.4. The van der Waals surface area contributed by atoms with Gasteiger partial charge in [0.1, 0.15) is 6.04 Å². The molecule has 0 unspecified atom stereocenters. The minimum absolute atomic E-state index is 0.103. The summed E-state index contributed by atoms with van der Waals surface area (Å²) in [5, 5.41) is 3.19. The molecule has 3 aromatic rings. The Morgan fingerprint density at radius 2 is 1.74 bits per heavy atom. The summed E-state index contributed by atoms with van der Waals surface area (Å²) in [7, 11) is 3.09. The third-order valence-electron chi connectivity index (χ3n) is 6.51. The number of amides is 2. The maximum absolute atomic E-state index is 13.8. The predicted molar refractivity (Wildman–Crippen MR) is 134 cm³/mol. The Morgan fingerprint density at radius 1 is 1.03 bits per heavy atom. The predicted octanol–water partition coefficient (Wildman–Crippen LogP) is 5.31. The van der Waals surface area contributed by atoms with Crippen LogP contribution in [0, 0.1) is 0 Å². The van der Waals surface area contributed by atoms with Crippen molar-refractivity contribution in [2.24, 2.45) is 0 Å². The SMILES string of the molecule is CCc1ccc([C@@H](C(=O)NC2CCCC2)N(C(=O)c2ccco2)c2ccc(OC)c(OC)c2)cc1. The quantitative estimate of drug-likeness (QED) is 0.453. The van der Waals surface area contributed by atoms with Gasteiger partial charge in [0.2, 0.25) is 5.91 Å². The van der Waals surface area contributed by atoms with Gasteiger partial charge in [-0.3, -0.25) is 14.5 Å². The molecular formula is C28H32N2O5. The number of methoxy groups -OCH3 is 2. The molecule has 0 saturated heterocycles. The normalized spacial score (nSPS) is 14.4. The number of carbonyl (C=O) groups is 2. The molecule has 1 atom stereocenters. The summed E-state index contributed by atoms with van der Waals surface area (Å²) >= 11 is 0. The van der Waals surface area contributed by atoms with E-state index in [1.165, 1.54) is 18.3 Å². The number of benzene rings is 2. The van der Waals surface area contributed by atoms with Crippen molar-refractivity contribution in [3.63, 3.8) is 0 Å². The molecule has 1 N–H and O–H groups in total. The number of nitrogens with zero attached hydrogens (tertiary/aromatic N) is 1. The number of hydrogen-bond donors (Lipinski definition) is 1. The van der Waals surface area contributed by atoms with Crippen molar-refractivity contribution < 1.29 is 23.5 Å². The molecule has 1 heterocycles. The first-order valence-electron chi connectivity index (χ1n) is 12.0. The zero-order valence-corrected chi connectivity index (χ0v) is 20.5. The van der Waals surface area contributed by atoms with Crippen LogP contribution >= 0.6 is 0 Å². The van der Waals surface area contributed by atoms with E-state index in [1.807, 2.05) is 24.3 Å². The van der Waals surface area contributed by atoms with Gasteiger partial charge in [0.05, 0.1) is 20.5 Å². The highest BCUT2D eigenvalue weighted by molar-refractivity contribution is 6.08. The van der Waals surface area contributed by atoms with Crippen molar-refractivity contribution >= 4 is 17.5 Å². The van der Waals surface area contributed by atoms with Crippen molar-refractivity contribution in [2.75, 3.05) is 19.1 Å². The summed E-state index contributed by atoms with van der Waals surface area (Å²) < 4.78 is 16.3. The van der Waals surface area contributed by atoms with Gasteiger partial charge in [0.25, 0.3) is 5.91 Å². The molecule has 7 nitrogen and oxygen atoms in total. The molecule has 0 spiro atoms. The monoisotopic (exact) mass is 476 g/mol. The summed E-state index contributed by atoms with van der Waals surface area (Å²) in [6.07, 6.45) is 6.39. The number of carbonyl (C=O) groups excluding carboxylic acids is 2. The molecule has 1 aromatic heterocycles. The Kier molecular flexibility index (Phi) is 7.75. The molecule has 0 bridgehead atoms. The van der Waals surface area contributed by atoms with Crippen LogP contribution in [0.3, 0.4) is 0 Å². The molecule has 1 fully saturated rings. The third-order valence-corrected chi connectivity index (χ3v) is 6.51. The highest BCUT2D eigenvalue weighted by Crippen LogP contribution is 2.36. The first-order valence-corrected chi connectivity index (χ1v) is 12.0. The van der Waals surface area contributed by atoms with Crippen LogP contribution in [0.5, 0.6) is 11.5 Å². The van der Waals surface area contributed by atoms with Gasteiger partial charge in [0, 0.05) is 17.8 Å². The van der Waals surface area contributed by atoms with Gasteiger partial charge in [-0.15, -0.1) is 0 Å². The van der Waals surface area contributed by atoms with Gasteiger partial charge in [-0.1, -0.05) is 44.0 Å². The molecule has 4 rings (SSSR count). The number of anilines is 1. The molecule has 2 aromatic carbocycles. The Balaban J connectivity index is 1.83. The van der Waals surface area contributed by atoms with Crippen molar-refractivity contribution in [1.29, 1.82) is 0 Å². The molecule has 7 heteroatoms. The minimum Gasteiger partial charge on any atom is -0.493 e. The van der Waals surface area contributed by atoms with Gasteiger partial charge in [-0.05, 0) is 54.7 Å². The van der Waals surface area contributed by atoms with Gasteiger partial charge < -0.3 is 19.2 Å². The van der Waals surface area contributed by atoms with E-state index < -0.39 is 11.9 Å². The van der Waals surface area contributed by atoms with Gasteiger partial charge in [-0.2, -0.15) is 0 Å². The molecule has 1 aliphatic rings. The topological polar surface area (TPSA) is 81.0 Å². The van der Waals surface area contributed by atoms with Crippen LogP contribution < -0.4 is 19.7 Å². The summed E-state index contributed by atoms with van der Waals surface area (Å²) in [5.41, 5.74) is 2.36. The van der Waals surface area contributed by atoms with Crippen LogP contribution in [0.15, 0.2) is 65.3 Å². The van der Waals surface area contributed by atoms with Crippen LogP contribution in [0.2, 0.25) is 0 Å². The minimum atomic E-state index is -0.905. The van der Waals surface area contributed by atoms with E-state index in [-0.39, 0.29) is 17.7 Å². The Morgan fingerprint density at radius 3 is 2.34 bits per heavy atom. The zero-order valence-electron chi connectivity index (χ0n) is 20.5. The standard InChI is InChI=1S/C28H32N2O5/c1-4-19-11-13-20(14-12-19)26(27(31)29-21-8-5-6-9-21)30(28(32)24-10-7-17-35-24)22-15-16-23(33-2)25(18-22)34-3/h7,10-18,21,26H,4-6,8-9H2,1-3H3,(H,29,31)/t26-/m0/s1. The van der Waals surface area contributed by atoms with Crippen LogP contribution in [0.1, 0.15) is 60.3 Å². The number of rotatable bonds is 9. The number of hydrogen-bond acceptors (Lipinski definition) is 5. The lowest BCUT2D eigenvalue weighted by Crippen LogP contribution is -2.46. The van der Waals surface area contributed by atoms with Crippen molar-refractivity contribution in [3.05, 3.63) is 77.7 Å². The smallest absolute Gasteiger partial charge is 0.294 e. The van der Waals surface area contributed by atoms with E-state index >= 15 is 0 Å². The molecule has 0 aliphatic heterocycles. The average Bonchev–Trinajstić information content (AvgIpc) is 3.61. The average molecular weight is 477 g/mol. The van der Waals surface area contributed by atoms with Crippen molar-refractivity contribution in [3.8, 4) is 11.5 Å². The molecule has 1 saturated carbocycles. The van der Waals surface area contributed by atoms with E-state index in [9.17, 15) is 9.59 Å². The van der Waals surface area contributed by atoms with Crippen molar-refractivity contribution in [1.82, 2.24) is 5.32 Å². The number of furan rings is 1. The lowest BCUT2D eigenvalue weighted by Gasteiger charge is -2.32. The number of ether oxygens (including phenoxy) is 2. The highest BCUT2D eigenvalue weighted by Gasteiger charge is 2.36. The van der Waals surface area contributed by atoms with E-state index in [4.69, 9.17) is 13.9 Å². The fourth-order valence-corrected chi connectivity index (χ4v) is 4.58. The lowest BCUT2D eigenvalue weighted by atomic mass is 9.99. The lowest BCUT2D eigenvalue weighted by molar-refractivity contribution is -0.123. The van der Waals surface area contributed by atoms with Gasteiger partial charge in [-0.25, -0.2) is 0 Å². The highest BCUT2D eigenvalue weighted by atomic mass is 16.5. The molecule has 1 aliphatic carbocycles. The molecular weight excluding hydrogens is 444 g/mol. The van der Waals surface area contributed by atoms with E-state index in [0.29, 0.717) is 22.7 Å². The van der Waals surface area contributed by atoms with Crippen LogP contribution in [0.4, 0.5) is 5.69 Å².